The van der Waals surface area contributed by atoms with Crippen LogP contribution in [0.2, 0.25) is 0 Å². The van der Waals surface area contributed by atoms with E-state index in [1.807, 2.05) is 0 Å². The first-order chi connectivity index (χ1) is 9.15. The van der Waals surface area contributed by atoms with Gasteiger partial charge in [0.25, 0.3) is 0 Å². The Kier molecular flexibility index (Phi) is 7.01. The van der Waals surface area contributed by atoms with Gasteiger partial charge in [-0.3, -0.25) is 4.79 Å². The topological polar surface area (TPSA) is 46.5 Å². The number of hydrogen-bond acceptors (Lipinski definition) is 4. The number of carbonyl (C=O) groups excluding carboxylic acids is 1. The maximum Gasteiger partial charge on any atom is 0.306 e. The quantitative estimate of drug-likeness (QED) is 0.509. The van der Waals surface area contributed by atoms with E-state index >= 15 is 0 Å². The second kappa shape index (κ2) is 8.57. The number of aliphatic hydroxyl groups excluding tert-OH is 1. The molecule has 0 fully saturated rings. The average molecular weight is 282 g/mol. The highest BCUT2D eigenvalue weighted by atomic mass is 32.2. The molecule has 1 N–H and O–H groups in total. The standard InChI is InChI=1S/C14H15FO3S/c1-18-14(17)4-6-19-10-12-7-11(3-2-5-16)8-13(15)9-12/h7-9,16H,4-6,10H2,1H3. The molecule has 0 spiro atoms. The first-order valence-electron chi connectivity index (χ1n) is 5.69. The van der Waals surface area contributed by atoms with Crippen LogP contribution in [0.15, 0.2) is 18.2 Å². The molecule has 1 aromatic rings. The van der Waals surface area contributed by atoms with E-state index in [0.29, 0.717) is 23.5 Å². The zero-order valence-corrected chi connectivity index (χ0v) is 11.4. The number of methoxy groups -OCH3 is 1. The lowest BCUT2D eigenvalue weighted by Gasteiger charge is -2.03. The van der Waals surface area contributed by atoms with Gasteiger partial charge >= 0.3 is 5.97 Å². The van der Waals surface area contributed by atoms with Crippen molar-refractivity contribution >= 4 is 17.7 Å². The molecule has 5 heteroatoms. The zero-order valence-electron chi connectivity index (χ0n) is 10.6. The van der Waals surface area contributed by atoms with Crippen LogP contribution in [0, 0.1) is 17.7 Å². The third-order valence-corrected chi connectivity index (χ3v) is 3.25. The molecule has 0 saturated carbocycles. The summed E-state index contributed by atoms with van der Waals surface area (Å²) in [6, 6.07) is 4.54. The van der Waals surface area contributed by atoms with E-state index in [4.69, 9.17) is 5.11 Å². The van der Waals surface area contributed by atoms with Crippen molar-refractivity contribution in [2.45, 2.75) is 12.2 Å². The van der Waals surface area contributed by atoms with Gasteiger partial charge in [0.15, 0.2) is 0 Å². The van der Waals surface area contributed by atoms with Gasteiger partial charge in [-0.15, -0.1) is 0 Å². The third kappa shape index (κ3) is 6.27. The minimum atomic E-state index is -0.353. The molecule has 0 bridgehead atoms. The van der Waals surface area contributed by atoms with E-state index in [9.17, 15) is 9.18 Å². The molecule has 0 heterocycles. The molecule has 0 amide bonds. The second-order valence-electron chi connectivity index (χ2n) is 3.69. The van der Waals surface area contributed by atoms with E-state index in [1.165, 1.54) is 31.0 Å². The summed E-state index contributed by atoms with van der Waals surface area (Å²) in [6.07, 6.45) is 0.341. The van der Waals surface area contributed by atoms with Crippen LogP contribution in [0.3, 0.4) is 0 Å². The Balaban J connectivity index is 2.53. The lowest BCUT2D eigenvalue weighted by Crippen LogP contribution is -2.01. The van der Waals surface area contributed by atoms with Gasteiger partial charge in [-0.1, -0.05) is 11.8 Å². The van der Waals surface area contributed by atoms with Crippen LogP contribution in [-0.2, 0) is 15.3 Å². The summed E-state index contributed by atoms with van der Waals surface area (Å²) in [6.45, 7) is -0.250. The van der Waals surface area contributed by atoms with Crippen LogP contribution in [-0.4, -0.2) is 30.5 Å². The molecule has 102 valence electrons. The van der Waals surface area contributed by atoms with Crippen molar-refractivity contribution in [3.8, 4) is 11.8 Å². The molecule has 0 aromatic heterocycles. The number of aliphatic hydroxyl groups is 1. The van der Waals surface area contributed by atoms with Crippen molar-refractivity contribution in [3.05, 3.63) is 35.1 Å². The fraction of sp³-hybridized carbons (Fsp3) is 0.357. The van der Waals surface area contributed by atoms with Crippen LogP contribution in [0.5, 0.6) is 0 Å². The number of esters is 1. The number of rotatable bonds is 5. The highest BCUT2D eigenvalue weighted by molar-refractivity contribution is 7.98. The molecule has 0 aliphatic carbocycles. The molecule has 0 aliphatic rings. The van der Waals surface area contributed by atoms with Crippen molar-refractivity contribution in [3.63, 3.8) is 0 Å². The van der Waals surface area contributed by atoms with Crippen molar-refractivity contribution in [1.29, 1.82) is 0 Å². The smallest absolute Gasteiger partial charge is 0.306 e. The van der Waals surface area contributed by atoms with E-state index in [2.05, 4.69) is 16.6 Å². The lowest BCUT2D eigenvalue weighted by molar-refractivity contribution is -0.140. The van der Waals surface area contributed by atoms with Gasteiger partial charge < -0.3 is 9.84 Å². The first kappa shape index (κ1) is 15.5. The average Bonchev–Trinajstić information content (AvgIpc) is 2.40. The first-order valence-corrected chi connectivity index (χ1v) is 6.85. The molecular weight excluding hydrogens is 267 g/mol. The van der Waals surface area contributed by atoms with E-state index in [-0.39, 0.29) is 18.4 Å². The summed E-state index contributed by atoms with van der Waals surface area (Å²) in [5, 5.41) is 8.60. The summed E-state index contributed by atoms with van der Waals surface area (Å²) < 4.78 is 17.9. The van der Waals surface area contributed by atoms with Crippen molar-refractivity contribution in [1.82, 2.24) is 0 Å². The predicted molar refractivity (Wildman–Crippen MR) is 73.2 cm³/mol. The Morgan fingerprint density at radius 2 is 2.26 bits per heavy atom. The van der Waals surface area contributed by atoms with Crippen molar-refractivity contribution in [2.75, 3.05) is 19.5 Å². The zero-order chi connectivity index (χ0) is 14.1. The number of halogens is 1. The Bertz CT molecular complexity index is 491. The molecule has 3 nitrogen and oxygen atoms in total. The fourth-order valence-corrected chi connectivity index (χ4v) is 2.25. The summed E-state index contributed by atoms with van der Waals surface area (Å²) in [5.41, 5.74) is 1.34. The molecule has 19 heavy (non-hydrogen) atoms. The molecule has 0 atom stereocenters. The van der Waals surface area contributed by atoms with Crippen LogP contribution >= 0.6 is 11.8 Å². The number of ether oxygens (including phenoxy) is 1. The summed E-state index contributed by atoms with van der Waals surface area (Å²) in [4.78, 5) is 10.9. The molecule has 0 saturated heterocycles. The van der Waals surface area contributed by atoms with E-state index < -0.39 is 0 Å². The Labute approximate surface area is 116 Å². The van der Waals surface area contributed by atoms with Crippen LogP contribution in [0.25, 0.3) is 0 Å². The minimum Gasteiger partial charge on any atom is -0.469 e. The fourth-order valence-electron chi connectivity index (χ4n) is 1.40. The SMILES string of the molecule is COC(=O)CCSCc1cc(F)cc(C#CCO)c1. The van der Waals surface area contributed by atoms with Gasteiger partial charge in [0.05, 0.1) is 13.5 Å². The van der Waals surface area contributed by atoms with Gasteiger partial charge in [-0.05, 0) is 23.8 Å². The maximum absolute atomic E-state index is 13.3. The highest BCUT2D eigenvalue weighted by Crippen LogP contribution is 2.16. The monoisotopic (exact) mass is 282 g/mol. The Morgan fingerprint density at radius 3 is 2.95 bits per heavy atom. The normalized spacial score (nSPS) is 9.63. The predicted octanol–water partition coefficient (Wildman–Crippen LogP) is 1.97. The van der Waals surface area contributed by atoms with Gasteiger partial charge in [-0.2, -0.15) is 11.8 Å². The molecule has 0 unspecified atom stereocenters. The number of benzene rings is 1. The maximum atomic E-state index is 13.3. The van der Waals surface area contributed by atoms with Gasteiger partial charge in [-0.25, -0.2) is 4.39 Å². The number of thioether (sulfide) groups is 1. The number of hydrogen-bond donors (Lipinski definition) is 1. The van der Waals surface area contributed by atoms with Gasteiger partial charge in [0, 0.05) is 17.1 Å². The molecular formula is C14H15FO3S. The molecule has 1 aromatic carbocycles. The summed E-state index contributed by atoms with van der Waals surface area (Å²) in [5.74, 6) is 5.77. The summed E-state index contributed by atoms with van der Waals surface area (Å²) >= 11 is 1.53. The summed E-state index contributed by atoms with van der Waals surface area (Å²) in [7, 11) is 1.35. The highest BCUT2D eigenvalue weighted by Gasteiger charge is 2.02. The van der Waals surface area contributed by atoms with E-state index in [1.54, 1.807) is 6.07 Å². The molecule has 0 radical (unpaired) electrons. The Morgan fingerprint density at radius 1 is 1.47 bits per heavy atom. The van der Waals surface area contributed by atoms with Gasteiger partial charge in [0.2, 0.25) is 0 Å². The second-order valence-corrected chi connectivity index (χ2v) is 4.79. The lowest BCUT2D eigenvalue weighted by atomic mass is 10.1. The van der Waals surface area contributed by atoms with E-state index in [0.717, 1.165) is 5.56 Å². The van der Waals surface area contributed by atoms with Crippen molar-refractivity contribution in [2.24, 2.45) is 0 Å². The van der Waals surface area contributed by atoms with Crippen LogP contribution in [0.4, 0.5) is 4.39 Å². The largest absolute Gasteiger partial charge is 0.469 e. The molecule has 1 rings (SSSR count). The number of carbonyl (C=O) groups is 1. The Hall–Kier alpha value is -1.51. The van der Waals surface area contributed by atoms with Gasteiger partial charge in [0.1, 0.15) is 12.4 Å². The van der Waals surface area contributed by atoms with Crippen LogP contribution in [0.1, 0.15) is 17.5 Å². The van der Waals surface area contributed by atoms with Crippen molar-refractivity contribution < 1.29 is 19.0 Å². The van der Waals surface area contributed by atoms with Crippen LogP contribution < -0.4 is 0 Å². The minimum absolute atomic E-state index is 0.249. The molecule has 0 aliphatic heterocycles. The third-order valence-electron chi connectivity index (χ3n) is 2.22.